The van der Waals surface area contributed by atoms with Crippen molar-refractivity contribution < 1.29 is 8.91 Å². The van der Waals surface area contributed by atoms with Gasteiger partial charge in [0.1, 0.15) is 5.82 Å². The number of nitrogens with one attached hydrogen (secondary N) is 2. The van der Waals surface area contributed by atoms with Crippen LogP contribution in [0.4, 0.5) is 28.0 Å². The first-order valence-electron chi connectivity index (χ1n) is 8.30. The number of nitrogen functional groups attached to an aromatic ring is 1. The SMILES string of the molecule is Nc1nc(Nc2cccc(F)c2)nc(-c2noc(NC3CCCC3)n2)n1. The molecule has 0 amide bonds. The number of nitrogens with zero attached hydrogens (tertiary/aromatic N) is 5. The van der Waals surface area contributed by atoms with Gasteiger partial charge in [0.2, 0.25) is 23.5 Å². The Kier molecular flexibility index (Phi) is 4.30. The predicted octanol–water partition coefficient (Wildman–Crippen LogP) is 2.74. The molecule has 1 aromatic carbocycles. The van der Waals surface area contributed by atoms with Gasteiger partial charge in [0, 0.05) is 11.7 Å². The molecule has 1 aliphatic carbocycles. The van der Waals surface area contributed by atoms with Crippen LogP contribution in [0.3, 0.4) is 0 Å². The van der Waals surface area contributed by atoms with E-state index in [1.807, 2.05) is 0 Å². The lowest BCUT2D eigenvalue weighted by atomic mass is 10.3. The average molecular weight is 356 g/mol. The molecule has 134 valence electrons. The average Bonchev–Trinajstić information content (AvgIpc) is 3.27. The standard InChI is InChI=1S/C16H17FN8O/c17-9-4-3-7-11(8-9)19-15-22-12(21-14(18)24-15)13-23-16(26-25-13)20-10-5-1-2-6-10/h3-4,7-8,10H,1-2,5-6H2,(H,20,23,25)(H3,18,19,21,22,24). The molecule has 4 N–H and O–H groups in total. The number of hydrogen-bond acceptors (Lipinski definition) is 9. The summed E-state index contributed by atoms with van der Waals surface area (Å²) in [6.07, 6.45) is 4.55. The van der Waals surface area contributed by atoms with Crippen LogP contribution in [-0.2, 0) is 0 Å². The van der Waals surface area contributed by atoms with E-state index in [4.69, 9.17) is 10.3 Å². The highest BCUT2D eigenvalue weighted by atomic mass is 19.1. The van der Waals surface area contributed by atoms with Gasteiger partial charge < -0.3 is 20.9 Å². The van der Waals surface area contributed by atoms with Crippen LogP contribution in [0.1, 0.15) is 25.7 Å². The Morgan fingerprint density at radius 3 is 2.73 bits per heavy atom. The van der Waals surface area contributed by atoms with E-state index in [0.717, 1.165) is 12.8 Å². The molecule has 0 spiro atoms. The lowest BCUT2D eigenvalue weighted by Gasteiger charge is -2.07. The van der Waals surface area contributed by atoms with Crippen LogP contribution in [0, 0.1) is 5.82 Å². The first kappa shape index (κ1) is 16.2. The summed E-state index contributed by atoms with van der Waals surface area (Å²) in [4.78, 5) is 16.5. The number of benzene rings is 1. The molecule has 0 bridgehead atoms. The van der Waals surface area contributed by atoms with Gasteiger partial charge in [0.15, 0.2) is 0 Å². The van der Waals surface area contributed by atoms with Crippen LogP contribution in [-0.4, -0.2) is 31.1 Å². The Balaban J connectivity index is 1.55. The maximum absolute atomic E-state index is 13.3. The predicted molar refractivity (Wildman–Crippen MR) is 93.1 cm³/mol. The Hall–Kier alpha value is -3.30. The van der Waals surface area contributed by atoms with E-state index >= 15 is 0 Å². The maximum Gasteiger partial charge on any atom is 0.322 e. The van der Waals surface area contributed by atoms with Gasteiger partial charge in [-0.25, -0.2) is 4.39 Å². The largest absolute Gasteiger partial charge is 0.368 e. The smallest absolute Gasteiger partial charge is 0.322 e. The lowest BCUT2D eigenvalue weighted by molar-refractivity contribution is 0.427. The van der Waals surface area contributed by atoms with Crippen LogP contribution in [0.15, 0.2) is 28.8 Å². The van der Waals surface area contributed by atoms with Gasteiger partial charge in [-0.1, -0.05) is 24.1 Å². The fourth-order valence-corrected chi connectivity index (χ4v) is 2.86. The van der Waals surface area contributed by atoms with Crippen molar-refractivity contribution >= 4 is 23.6 Å². The molecule has 3 aromatic rings. The summed E-state index contributed by atoms with van der Waals surface area (Å²) in [7, 11) is 0. The van der Waals surface area contributed by atoms with Gasteiger partial charge in [0.05, 0.1) is 0 Å². The van der Waals surface area contributed by atoms with Crippen molar-refractivity contribution in [2.24, 2.45) is 0 Å². The number of nitrogens with two attached hydrogens (primary N) is 1. The molecule has 0 unspecified atom stereocenters. The summed E-state index contributed by atoms with van der Waals surface area (Å²) >= 11 is 0. The van der Waals surface area contributed by atoms with E-state index in [1.54, 1.807) is 12.1 Å². The molecular weight excluding hydrogens is 339 g/mol. The normalized spacial score (nSPS) is 14.5. The molecule has 4 rings (SSSR count). The first-order chi connectivity index (χ1) is 12.7. The molecule has 10 heteroatoms. The molecule has 2 aromatic heterocycles. The number of anilines is 4. The van der Waals surface area contributed by atoms with E-state index in [0.29, 0.717) is 17.7 Å². The zero-order valence-corrected chi connectivity index (χ0v) is 13.8. The van der Waals surface area contributed by atoms with Gasteiger partial charge >= 0.3 is 6.01 Å². The third-order valence-corrected chi connectivity index (χ3v) is 4.04. The van der Waals surface area contributed by atoms with E-state index in [-0.39, 0.29) is 29.4 Å². The van der Waals surface area contributed by atoms with Crippen molar-refractivity contribution in [3.8, 4) is 11.6 Å². The summed E-state index contributed by atoms with van der Waals surface area (Å²) in [6.45, 7) is 0. The van der Waals surface area contributed by atoms with Gasteiger partial charge in [-0.05, 0) is 31.0 Å². The van der Waals surface area contributed by atoms with Crippen LogP contribution >= 0.6 is 0 Å². The minimum atomic E-state index is -0.377. The van der Waals surface area contributed by atoms with Gasteiger partial charge in [-0.2, -0.15) is 19.9 Å². The molecule has 0 saturated heterocycles. The summed E-state index contributed by atoms with van der Waals surface area (Å²) in [5.41, 5.74) is 6.23. The van der Waals surface area contributed by atoms with Crippen molar-refractivity contribution in [2.75, 3.05) is 16.4 Å². The highest BCUT2D eigenvalue weighted by molar-refractivity contribution is 5.57. The van der Waals surface area contributed by atoms with Gasteiger partial charge in [0.25, 0.3) is 0 Å². The van der Waals surface area contributed by atoms with Crippen molar-refractivity contribution in [1.29, 1.82) is 0 Å². The van der Waals surface area contributed by atoms with Crippen LogP contribution < -0.4 is 16.4 Å². The van der Waals surface area contributed by atoms with Crippen LogP contribution in [0.25, 0.3) is 11.6 Å². The van der Waals surface area contributed by atoms with Crippen LogP contribution in [0.2, 0.25) is 0 Å². The van der Waals surface area contributed by atoms with E-state index in [2.05, 4.69) is 35.7 Å². The Bertz CT molecular complexity index is 909. The molecule has 0 radical (unpaired) electrons. The van der Waals surface area contributed by atoms with Crippen LogP contribution in [0.5, 0.6) is 0 Å². The third kappa shape index (κ3) is 3.68. The molecule has 9 nitrogen and oxygen atoms in total. The van der Waals surface area contributed by atoms with Crippen molar-refractivity contribution in [1.82, 2.24) is 25.1 Å². The second-order valence-corrected chi connectivity index (χ2v) is 6.03. The first-order valence-corrected chi connectivity index (χ1v) is 8.30. The number of hydrogen-bond donors (Lipinski definition) is 3. The van der Waals surface area contributed by atoms with E-state index in [1.165, 1.54) is 25.0 Å². The minimum Gasteiger partial charge on any atom is -0.368 e. The summed E-state index contributed by atoms with van der Waals surface area (Å²) in [6, 6.07) is 6.58. The van der Waals surface area contributed by atoms with Crippen molar-refractivity contribution in [3.05, 3.63) is 30.1 Å². The van der Waals surface area contributed by atoms with Gasteiger partial charge in [-0.15, -0.1) is 0 Å². The number of rotatable bonds is 5. The molecule has 2 heterocycles. The molecule has 1 aliphatic rings. The molecule has 0 atom stereocenters. The fraction of sp³-hybridized carbons (Fsp3) is 0.312. The highest BCUT2D eigenvalue weighted by Gasteiger charge is 2.19. The summed E-state index contributed by atoms with van der Waals surface area (Å²) in [5, 5.41) is 9.97. The highest BCUT2D eigenvalue weighted by Crippen LogP contribution is 2.23. The topological polar surface area (TPSA) is 128 Å². The Morgan fingerprint density at radius 2 is 1.92 bits per heavy atom. The Morgan fingerprint density at radius 1 is 1.08 bits per heavy atom. The number of aromatic nitrogens is 5. The second-order valence-electron chi connectivity index (χ2n) is 6.03. The third-order valence-electron chi connectivity index (χ3n) is 4.04. The second kappa shape index (κ2) is 6.90. The lowest BCUT2D eigenvalue weighted by Crippen LogP contribution is -2.14. The number of halogens is 1. The zero-order valence-electron chi connectivity index (χ0n) is 13.8. The summed E-state index contributed by atoms with van der Waals surface area (Å²) in [5.74, 6) is 0.136. The fourth-order valence-electron chi connectivity index (χ4n) is 2.86. The quantitative estimate of drug-likeness (QED) is 0.632. The Labute approximate surface area is 148 Å². The minimum absolute atomic E-state index is 0.0102. The summed E-state index contributed by atoms with van der Waals surface area (Å²) < 4.78 is 18.5. The zero-order chi connectivity index (χ0) is 17.9. The molecule has 0 aliphatic heterocycles. The van der Waals surface area contributed by atoms with Crippen molar-refractivity contribution in [2.45, 2.75) is 31.7 Å². The van der Waals surface area contributed by atoms with Gasteiger partial charge in [-0.3, -0.25) is 0 Å². The molecular formula is C16H17FN8O. The monoisotopic (exact) mass is 356 g/mol. The van der Waals surface area contributed by atoms with E-state index < -0.39 is 0 Å². The molecule has 26 heavy (non-hydrogen) atoms. The van der Waals surface area contributed by atoms with Crippen molar-refractivity contribution in [3.63, 3.8) is 0 Å². The van der Waals surface area contributed by atoms with E-state index in [9.17, 15) is 4.39 Å². The molecule has 1 saturated carbocycles. The maximum atomic E-state index is 13.3. The molecule has 1 fully saturated rings.